The molecule has 0 atom stereocenters. The van der Waals surface area contributed by atoms with Crippen molar-refractivity contribution in [3.05, 3.63) is 64.7 Å². The summed E-state index contributed by atoms with van der Waals surface area (Å²) in [7, 11) is 0. The van der Waals surface area contributed by atoms with Gasteiger partial charge < -0.3 is 9.47 Å². The summed E-state index contributed by atoms with van der Waals surface area (Å²) in [4.78, 5) is 24.6. The summed E-state index contributed by atoms with van der Waals surface area (Å²) < 4.78 is 10.8. The van der Waals surface area contributed by atoms with E-state index in [4.69, 9.17) is 9.47 Å². The fraction of sp³-hybridized carbons (Fsp3) is 0.391. The van der Waals surface area contributed by atoms with E-state index in [0.29, 0.717) is 23.5 Å². The van der Waals surface area contributed by atoms with E-state index in [1.807, 2.05) is 25.1 Å². The van der Waals surface area contributed by atoms with Crippen molar-refractivity contribution < 1.29 is 19.1 Å². The molecular formula is C23H28O4. The van der Waals surface area contributed by atoms with Gasteiger partial charge in [-0.1, -0.05) is 51.1 Å². The van der Waals surface area contributed by atoms with Crippen molar-refractivity contribution in [2.75, 3.05) is 6.61 Å². The lowest BCUT2D eigenvalue weighted by molar-refractivity contribution is -0.142. The highest BCUT2D eigenvalue weighted by atomic mass is 16.5. The molecule has 0 amide bonds. The molecule has 0 bridgehead atoms. The third kappa shape index (κ3) is 5.19. The zero-order chi connectivity index (χ0) is 20.0. The normalized spacial score (nSPS) is 11.1. The molecule has 0 saturated heterocycles. The van der Waals surface area contributed by atoms with Gasteiger partial charge in [-0.15, -0.1) is 0 Å². The van der Waals surface area contributed by atoms with E-state index in [0.717, 1.165) is 17.5 Å². The maximum atomic E-state index is 12.5. The predicted octanol–water partition coefficient (Wildman–Crippen LogP) is 5.01. The maximum Gasteiger partial charge on any atom is 0.343 e. The Balaban J connectivity index is 2.44. The van der Waals surface area contributed by atoms with Crippen LogP contribution < -0.4 is 4.74 Å². The molecule has 0 radical (unpaired) electrons. The van der Waals surface area contributed by atoms with Crippen molar-refractivity contribution in [3.8, 4) is 5.75 Å². The molecule has 2 aromatic rings. The van der Waals surface area contributed by atoms with Gasteiger partial charge in [-0.05, 0) is 48.9 Å². The van der Waals surface area contributed by atoms with Gasteiger partial charge in [0.2, 0.25) is 0 Å². The van der Waals surface area contributed by atoms with E-state index in [9.17, 15) is 9.59 Å². The van der Waals surface area contributed by atoms with Gasteiger partial charge in [-0.3, -0.25) is 4.79 Å². The Hall–Kier alpha value is -2.62. The summed E-state index contributed by atoms with van der Waals surface area (Å²) in [5.41, 5.74) is 3.04. The first-order chi connectivity index (χ1) is 12.8. The summed E-state index contributed by atoms with van der Waals surface area (Å²) in [6, 6.07) is 12.8. The van der Waals surface area contributed by atoms with Crippen molar-refractivity contribution in [1.29, 1.82) is 0 Å². The molecule has 0 spiro atoms. The maximum absolute atomic E-state index is 12.5. The Labute approximate surface area is 161 Å². The van der Waals surface area contributed by atoms with Gasteiger partial charge in [0.1, 0.15) is 5.75 Å². The highest BCUT2D eigenvalue weighted by Crippen LogP contribution is 2.34. The lowest BCUT2D eigenvalue weighted by atomic mass is 9.80. The molecule has 0 aliphatic heterocycles. The molecule has 0 fully saturated rings. The van der Waals surface area contributed by atoms with E-state index in [1.165, 1.54) is 0 Å². The molecule has 0 aliphatic rings. The first-order valence-electron chi connectivity index (χ1n) is 9.35. The minimum atomic E-state index is -0.439. The lowest BCUT2D eigenvalue weighted by Gasteiger charge is -2.26. The number of esters is 2. The standard InChI is InChI=1S/C23H28O4/c1-6-23(4,5)19-13-16(3)21(18(14-19)15-20(24)26-7-2)27-22(25)17-11-9-8-10-12-17/h8-14H,6-7,15H2,1-5H3. The molecule has 0 unspecified atom stereocenters. The van der Waals surface area contributed by atoms with Gasteiger partial charge in [0.25, 0.3) is 0 Å². The van der Waals surface area contributed by atoms with E-state index < -0.39 is 5.97 Å². The van der Waals surface area contributed by atoms with Crippen molar-refractivity contribution in [2.24, 2.45) is 0 Å². The Morgan fingerprint density at radius 1 is 1.04 bits per heavy atom. The number of aryl methyl sites for hydroxylation is 1. The average molecular weight is 368 g/mol. The molecule has 27 heavy (non-hydrogen) atoms. The smallest absolute Gasteiger partial charge is 0.343 e. The van der Waals surface area contributed by atoms with Gasteiger partial charge in [0, 0.05) is 5.56 Å². The molecule has 0 saturated carbocycles. The van der Waals surface area contributed by atoms with Crippen molar-refractivity contribution >= 4 is 11.9 Å². The zero-order valence-corrected chi connectivity index (χ0v) is 16.8. The van der Waals surface area contributed by atoms with Crippen LogP contribution >= 0.6 is 0 Å². The summed E-state index contributed by atoms with van der Waals surface area (Å²) in [5, 5.41) is 0. The summed E-state index contributed by atoms with van der Waals surface area (Å²) in [6.07, 6.45) is 1.02. The van der Waals surface area contributed by atoms with Crippen molar-refractivity contribution in [3.63, 3.8) is 0 Å². The number of rotatable bonds is 7. The number of carbonyl (C=O) groups excluding carboxylic acids is 2. The Morgan fingerprint density at radius 2 is 1.70 bits per heavy atom. The van der Waals surface area contributed by atoms with Crippen LogP contribution in [-0.4, -0.2) is 18.5 Å². The summed E-state index contributed by atoms with van der Waals surface area (Å²) >= 11 is 0. The molecule has 0 N–H and O–H groups in total. The molecule has 144 valence electrons. The minimum Gasteiger partial charge on any atom is -0.466 e. The zero-order valence-electron chi connectivity index (χ0n) is 16.8. The lowest BCUT2D eigenvalue weighted by Crippen LogP contribution is -2.19. The molecule has 2 rings (SSSR count). The van der Waals surface area contributed by atoms with Gasteiger partial charge in [-0.25, -0.2) is 4.79 Å². The van der Waals surface area contributed by atoms with E-state index in [1.54, 1.807) is 31.2 Å². The quantitative estimate of drug-likeness (QED) is 0.509. The highest BCUT2D eigenvalue weighted by Gasteiger charge is 2.23. The predicted molar refractivity (Wildman–Crippen MR) is 106 cm³/mol. The number of hydrogen-bond donors (Lipinski definition) is 0. The van der Waals surface area contributed by atoms with Crippen molar-refractivity contribution in [1.82, 2.24) is 0 Å². The third-order valence-corrected chi connectivity index (χ3v) is 4.86. The summed E-state index contributed by atoms with van der Waals surface area (Å²) in [6.45, 7) is 10.4. The first kappa shape index (κ1) is 20.7. The SMILES string of the molecule is CCOC(=O)Cc1cc(C(C)(C)CC)cc(C)c1OC(=O)c1ccccc1. The molecule has 0 aromatic heterocycles. The molecule has 0 aliphatic carbocycles. The number of carbonyl (C=O) groups is 2. The Morgan fingerprint density at radius 3 is 2.30 bits per heavy atom. The van der Waals surface area contributed by atoms with Gasteiger partial charge >= 0.3 is 11.9 Å². The number of hydrogen-bond acceptors (Lipinski definition) is 4. The van der Waals surface area contributed by atoms with Crippen LogP contribution in [0.3, 0.4) is 0 Å². The van der Waals surface area contributed by atoms with E-state index in [-0.39, 0.29) is 17.8 Å². The topological polar surface area (TPSA) is 52.6 Å². The second-order valence-corrected chi connectivity index (χ2v) is 7.26. The highest BCUT2D eigenvalue weighted by molar-refractivity contribution is 5.91. The average Bonchev–Trinajstić information content (AvgIpc) is 2.65. The van der Waals surface area contributed by atoms with Gasteiger partial charge in [-0.2, -0.15) is 0 Å². The largest absolute Gasteiger partial charge is 0.466 e. The van der Waals surface area contributed by atoms with E-state index >= 15 is 0 Å². The van der Waals surface area contributed by atoms with Crippen LogP contribution in [-0.2, 0) is 21.4 Å². The van der Waals surface area contributed by atoms with Crippen LogP contribution in [0.5, 0.6) is 5.75 Å². The van der Waals surface area contributed by atoms with Crippen LogP contribution in [0.15, 0.2) is 42.5 Å². The Kier molecular flexibility index (Phi) is 6.78. The molecule has 4 heteroatoms. The van der Waals surface area contributed by atoms with Gasteiger partial charge in [0.15, 0.2) is 0 Å². The first-order valence-corrected chi connectivity index (χ1v) is 9.35. The Bertz CT molecular complexity index is 807. The molecular weight excluding hydrogens is 340 g/mol. The van der Waals surface area contributed by atoms with Crippen LogP contribution in [0, 0.1) is 6.92 Å². The monoisotopic (exact) mass is 368 g/mol. The van der Waals surface area contributed by atoms with E-state index in [2.05, 4.69) is 20.8 Å². The van der Waals surface area contributed by atoms with Crippen LogP contribution in [0.2, 0.25) is 0 Å². The molecule has 4 nitrogen and oxygen atoms in total. The van der Waals surface area contributed by atoms with Crippen LogP contribution in [0.25, 0.3) is 0 Å². The van der Waals surface area contributed by atoms with Crippen LogP contribution in [0.4, 0.5) is 0 Å². The minimum absolute atomic E-state index is 0.0455. The van der Waals surface area contributed by atoms with Gasteiger partial charge in [0.05, 0.1) is 18.6 Å². The van der Waals surface area contributed by atoms with Crippen molar-refractivity contribution in [2.45, 2.75) is 52.9 Å². The second kappa shape index (κ2) is 8.85. The fourth-order valence-electron chi connectivity index (χ4n) is 2.81. The third-order valence-electron chi connectivity index (χ3n) is 4.86. The number of ether oxygens (including phenoxy) is 2. The molecule has 0 heterocycles. The fourth-order valence-corrected chi connectivity index (χ4v) is 2.81. The number of benzene rings is 2. The van der Waals surface area contributed by atoms with Crippen LogP contribution in [0.1, 0.15) is 61.2 Å². The second-order valence-electron chi connectivity index (χ2n) is 7.26. The molecule has 2 aromatic carbocycles. The summed E-state index contributed by atoms with van der Waals surface area (Å²) in [5.74, 6) is -0.334.